The molecule has 0 spiro atoms. The second-order valence-corrected chi connectivity index (χ2v) is 8.27. The highest BCUT2D eigenvalue weighted by Crippen LogP contribution is 2.19. The molecule has 8 nitrogen and oxygen atoms in total. The summed E-state index contributed by atoms with van der Waals surface area (Å²) >= 11 is 0. The molecule has 0 radical (unpaired) electrons. The van der Waals surface area contributed by atoms with E-state index in [1.165, 1.54) is 9.13 Å². The largest absolute Gasteiger partial charge is 0.376 e. The summed E-state index contributed by atoms with van der Waals surface area (Å²) in [5.74, 6) is 0. The van der Waals surface area contributed by atoms with Gasteiger partial charge in [-0.3, -0.25) is 9.36 Å². The van der Waals surface area contributed by atoms with Crippen molar-refractivity contribution < 1.29 is 4.74 Å². The van der Waals surface area contributed by atoms with Crippen LogP contribution in [0.5, 0.6) is 0 Å². The summed E-state index contributed by atoms with van der Waals surface area (Å²) in [6, 6.07) is 17.0. The predicted octanol–water partition coefficient (Wildman–Crippen LogP) is 2.76. The van der Waals surface area contributed by atoms with Gasteiger partial charge < -0.3 is 9.30 Å². The van der Waals surface area contributed by atoms with Crippen LogP contribution in [0.2, 0.25) is 0 Å². The number of aromatic nitrogens is 4. The summed E-state index contributed by atoms with van der Waals surface area (Å²) in [5, 5.41) is 9.48. The number of rotatable bonds is 5. The number of nitrogens with zero attached hydrogens (tertiary/aromatic N) is 5. The van der Waals surface area contributed by atoms with E-state index in [2.05, 4.69) is 11.1 Å². The first-order valence-electron chi connectivity index (χ1n) is 10.9. The van der Waals surface area contributed by atoms with Crippen LogP contribution in [0.4, 0.5) is 0 Å². The van der Waals surface area contributed by atoms with E-state index in [0.29, 0.717) is 35.6 Å². The van der Waals surface area contributed by atoms with Crippen molar-refractivity contribution in [1.29, 1.82) is 5.26 Å². The van der Waals surface area contributed by atoms with Crippen LogP contribution in [0, 0.1) is 18.3 Å². The monoisotopic (exact) mass is 441 g/mol. The highest BCUT2D eigenvalue weighted by molar-refractivity contribution is 5.73. The molecule has 166 valence electrons. The fourth-order valence-electron chi connectivity index (χ4n) is 4.43. The van der Waals surface area contributed by atoms with Gasteiger partial charge in [-0.2, -0.15) is 5.26 Å². The number of para-hydroxylation sites is 1. The average Bonchev–Trinajstić information content (AvgIpc) is 3.49. The molecule has 0 unspecified atom stereocenters. The summed E-state index contributed by atoms with van der Waals surface area (Å²) in [5.41, 5.74) is 2.68. The van der Waals surface area contributed by atoms with E-state index >= 15 is 0 Å². The third-order valence-corrected chi connectivity index (χ3v) is 6.15. The molecular formula is C25H23N5O3. The summed E-state index contributed by atoms with van der Waals surface area (Å²) in [6.45, 7) is 3.04. The highest BCUT2D eigenvalue weighted by Gasteiger charge is 2.24. The molecule has 33 heavy (non-hydrogen) atoms. The van der Waals surface area contributed by atoms with Crippen molar-refractivity contribution in [1.82, 2.24) is 18.7 Å². The Morgan fingerprint density at radius 3 is 2.70 bits per heavy atom. The maximum atomic E-state index is 13.6. The third kappa shape index (κ3) is 3.66. The molecule has 3 heterocycles. The quantitative estimate of drug-likeness (QED) is 0.475. The zero-order valence-corrected chi connectivity index (χ0v) is 18.3. The smallest absolute Gasteiger partial charge is 0.337 e. The number of benzene rings is 2. The molecule has 0 bridgehead atoms. The van der Waals surface area contributed by atoms with Crippen LogP contribution < -0.4 is 11.2 Å². The van der Waals surface area contributed by atoms with Crippen molar-refractivity contribution in [3.8, 4) is 11.8 Å². The molecule has 1 saturated heterocycles. The van der Waals surface area contributed by atoms with Crippen molar-refractivity contribution in [2.24, 2.45) is 0 Å². The molecule has 1 fully saturated rings. The number of hydrogen-bond acceptors (Lipinski definition) is 5. The second-order valence-electron chi connectivity index (χ2n) is 8.27. The van der Waals surface area contributed by atoms with Crippen molar-refractivity contribution in [3.63, 3.8) is 0 Å². The summed E-state index contributed by atoms with van der Waals surface area (Å²) in [6.07, 6.45) is 3.11. The van der Waals surface area contributed by atoms with E-state index in [-0.39, 0.29) is 12.6 Å². The Balaban J connectivity index is 1.76. The van der Waals surface area contributed by atoms with E-state index in [0.717, 1.165) is 24.0 Å². The zero-order valence-electron chi connectivity index (χ0n) is 18.3. The fourth-order valence-corrected chi connectivity index (χ4v) is 4.43. The standard InChI is InChI=1S/C25H23N5O3/c1-17-7-2-5-11-21(17)30-23-22(24(31)29(25(30)32)15-20-10-6-12-33-20)28(16-27-23)14-19-9-4-3-8-18(19)13-26/h2-5,7-9,11,16,20H,6,10,12,14-15H2,1H3/t20-/m0/s1. The molecule has 8 heteroatoms. The molecule has 0 aliphatic carbocycles. The Hall–Kier alpha value is -3.96. The molecule has 1 atom stereocenters. The molecule has 1 aliphatic rings. The Morgan fingerprint density at radius 2 is 1.94 bits per heavy atom. The van der Waals surface area contributed by atoms with Gasteiger partial charge >= 0.3 is 5.69 Å². The summed E-state index contributed by atoms with van der Waals surface area (Å²) in [4.78, 5) is 31.7. The maximum Gasteiger partial charge on any atom is 0.337 e. The van der Waals surface area contributed by atoms with Crippen LogP contribution >= 0.6 is 0 Å². The SMILES string of the molecule is Cc1ccccc1-n1c(=O)n(C[C@@H]2CCCO2)c(=O)c2c1ncn2Cc1ccccc1C#N. The van der Waals surface area contributed by atoms with Gasteiger partial charge in [0.15, 0.2) is 11.2 Å². The lowest BCUT2D eigenvalue weighted by atomic mass is 10.1. The van der Waals surface area contributed by atoms with E-state index in [4.69, 9.17) is 4.74 Å². The van der Waals surface area contributed by atoms with Gasteiger partial charge in [0.05, 0.1) is 42.8 Å². The first-order chi connectivity index (χ1) is 16.1. The van der Waals surface area contributed by atoms with Gasteiger partial charge in [0.25, 0.3) is 5.56 Å². The first-order valence-corrected chi connectivity index (χ1v) is 10.9. The lowest BCUT2D eigenvalue weighted by Gasteiger charge is -2.16. The number of imidazole rings is 1. The minimum atomic E-state index is -0.431. The topological polar surface area (TPSA) is 94.8 Å². The van der Waals surface area contributed by atoms with Crippen LogP contribution in [0.3, 0.4) is 0 Å². The molecule has 2 aromatic heterocycles. The van der Waals surface area contributed by atoms with Gasteiger partial charge in [0.1, 0.15) is 0 Å². The van der Waals surface area contributed by atoms with E-state index in [1.807, 2.05) is 43.3 Å². The average molecular weight is 441 g/mol. The number of nitriles is 1. The van der Waals surface area contributed by atoms with Crippen molar-refractivity contribution in [2.75, 3.05) is 6.61 Å². The molecule has 1 aliphatic heterocycles. The maximum absolute atomic E-state index is 13.6. The number of hydrogen-bond donors (Lipinski definition) is 0. The van der Waals surface area contributed by atoms with Crippen molar-refractivity contribution in [2.45, 2.75) is 39.0 Å². The predicted molar refractivity (Wildman–Crippen MR) is 124 cm³/mol. The van der Waals surface area contributed by atoms with Gasteiger partial charge in [0.2, 0.25) is 0 Å². The molecule has 0 N–H and O–H groups in total. The van der Waals surface area contributed by atoms with Crippen LogP contribution in [0.25, 0.3) is 16.9 Å². The molecular weight excluding hydrogens is 418 g/mol. The Bertz CT molecular complexity index is 1500. The van der Waals surface area contributed by atoms with Gasteiger partial charge in [-0.15, -0.1) is 0 Å². The van der Waals surface area contributed by atoms with Gasteiger partial charge in [-0.1, -0.05) is 36.4 Å². The van der Waals surface area contributed by atoms with Crippen LogP contribution in [-0.4, -0.2) is 31.4 Å². The lowest BCUT2D eigenvalue weighted by molar-refractivity contribution is 0.0950. The van der Waals surface area contributed by atoms with E-state index in [9.17, 15) is 14.9 Å². The third-order valence-electron chi connectivity index (χ3n) is 6.15. The number of aryl methyl sites for hydroxylation is 1. The molecule has 4 aromatic rings. The summed E-state index contributed by atoms with van der Waals surface area (Å²) < 4.78 is 10.2. The van der Waals surface area contributed by atoms with Crippen LogP contribution in [-0.2, 0) is 17.8 Å². The second kappa shape index (κ2) is 8.52. The Morgan fingerprint density at radius 1 is 1.15 bits per heavy atom. The van der Waals surface area contributed by atoms with E-state index in [1.54, 1.807) is 23.0 Å². The minimum Gasteiger partial charge on any atom is -0.376 e. The number of ether oxygens (including phenoxy) is 1. The zero-order chi connectivity index (χ0) is 22.9. The lowest BCUT2D eigenvalue weighted by Crippen LogP contribution is -2.42. The fraction of sp³-hybridized carbons (Fsp3) is 0.280. The van der Waals surface area contributed by atoms with Crippen molar-refractivity contribution in [3.05, 3.63) is 92.4 Å². The Labute approximate surface area is 189 Å². The van der Waals surface area contributed by atoms with Crippen LogP contribution in [0.15, 0.2) is 64.4 Å². The highest BCUT2D eigenvalue weighted by atomic mass is 16.5. The minimum absolute atomic E-state index is 0.172. The Kier molecular flexibility index (Phi) is 5.40. The number of fused-ring (bicyclic) bond motifs is 1. The molecule has 5 rings (SSSR count). The normalized spacial score (nSPS) is 15.7. The summed E-state index contributed by atoms with van der Waals surface area (Å²) in [7, 11) is 0. The van der Waals surface area contributed by atoms with Gasteiger partial charge in [-0.25, -0.2) is 14.3 Å². The van der Waals surface area contributed by atoms with E-state index < -0.39 is 11.2 Å². The first kappa shape index (κ1) is 20.9. The molecule has 0 amide bonds. The van der Waals surface area contributed by atoms with Crippen molar-refractivity contribution >= 4 is 11.2 Å². The van der Waals surface area contributed by atoms with Gasteiger partial charge in [0, 0.05) is 6.61 Å². The van der Waals surface area contributed by atoms with Gasteiger partial charge in [-0.05, 0) is 43.0 Å². The van der Waals surface area contributed by atoms with Crippen LogP contribution in [0.1, 0.15) is 29.5 Å². The molecule has 2 aromatic carbocycles. The molecule has 0 saturated carbocycles.